The fraction of sp³-hybridized carbons (Fsp3) is 0.462. The molecule has 21 heavy (non-hydrogen) atoms. The monoisotopic (exact) mass is 329 g/mol. The summed E-state index contributed by atoms with van der Waals surface area (Å²) in [6, 6.07) is -0.432. The number of hydrogen-bond donors (Lipinski definition) is 2. The molecule has 116 valence electrons. The third-order valence-electron chi connectivity index (χ3n) is 3.07. The van der Waals surface area contributed by atoms with Crippen LogP contribution in [0.4, 0.5) is 5.13 Å². The summed E-state index contributed by atoms with van der Waals surface area (Å²) < 4.78 is 1.68. The minimum atomic E-state index is -0.432. The molecule has 1 amide bonds. The molecule has 0 radical (unpaired) electrons. The molecular formula is C13H20ClN5OS. The van der Waals surface area contributed by atoms with E-state index in [2.05, 4.69) is 27.6 Å². The second-order valence-electron chi connectivity index (χ2n) is 4.53. The number of nitrogens with one attached hydrogen (secondary N) is 2. The molecule has 6 nitrogen and oxygen atoms in total. The Balaban J connectivity index is 0.00000220. The van der Waals surface area contributed by atoms with Crippen LogP contribution in [0.5, 0.6) is 0 Å². The van der Waals surface area contributed by atoms with Crippen molar-refractivity contribution in [2.24, 2.45) is 7.05 Å². The van der Waals surface area contributed by atoms with E-state index in [0.29, 0.717) is 5.13 Å². The van der Waals surface area contributed by atoms with Crippen molar-refractivity contribution in [1.29, 1.82) is 0 Å². The van der Waals surface area contributed by atoms with Crippen molar-refractivity contribution >= 4 is 34.8 Å². The molecule has 0 aliphatic heterocycles. The van der Waals surface area contributed by atoms with E-state index < -0.39 is 6.04 Å². The summed E-state index contributed by atoms with van der Waals surface area (Å²) in [4.78, 5) is 17.9. The number of aryl methyl sites for hydroxylation is 3. The second kappa shape index (κ2) is 7.53. The molecule has 0 aromatic carbocycles. The van der Waals surface area contributed by atoms with Gasteiger partial charge in [-0.15, -0.1) is 23.7 Å². The number of aromatic nitrogens is 3. The molecule has 0 aliphatic rings. The van der Waals surface area contributed by atoms with E-state index in [1.165, 1.54) is 11.3 Å². The van der Waals surface area contributed by atoms with Crippen LogP contribution in [-0.2, 0) is 18.3 Å². The van der Waals surface area contributed by atoms with Crippen LogP contribution in [-0.4, -0.2) is 27.7 Å². The number of carbonyl (C=O) groups is 1. The molecule has 2 aromatic heterocycles. The Hall–Kier alpha value is -1.44. The molecular weight excluding hydrogens is 310 g/mol. The van der Waals surface area contributed by atoms with Gasteiger partial charge in [-0.25, -0.2) is 4.98 Å². The average molecular weight is 330 g/mol. The number of anilines is 1. The van der Waals surface area contributed by atoms with Gasteiger partial charge in [0.2, 0.25) is 5.91 Å². The molecule has 0 fully saturated rings. The van der Waals surface area contributed by atoms with Crippen molar-refractivity contribution in [2.45, 2.75) is 26.3 Å². The number of hydrogen-bond acceptors (Lipinski definition) is 5. The predicted molar refractivity (Wildman–Crippen MR) is 87.1 cm³/mol. The lowest BCUT2D eigenvalue weighted by Gasteiger charge is -2.12. The van der Waals surface area contributed by atoms with Gasteiger partial charge in [-0.1, -0.05) is 6.92 Å². The minimum absolute atomic E-state index is 0. The third kappa shape index (κ3) is 4.03. The number of halogens is 1. The SMILES string of the molecule is CCc1nc(NC(=O)C(NC)c2cnn(C)c2)sc1C.Cl. The Bertz CT molecular complexity index is 609. The maximum absolute atomic E-state index is 12.3. The van der Waals surface area contributed by atoms with E-state index in [1.807, 2.05) is 20.2 Å². The van der Waals surface area contributed by atoms with Crippen LogP contribution in [0.15, 0.2) is 12.4 Å². The summed E-state index contributed by atoms with van der Waals surface area (Å²) in [6.07, 6.45) is 4.38. The van der Waals surface area contributed by atoms with Gasteiger partial charge in [0.1, 0.15) is 6.04 Å². The number of likely N-dealkylation sites (N-methyl/N-ethyl adjacent to an activating group) is 1. The largest absolute Gasteiger partial charge is 0.305 e. The molecule has 8 heteroatoms. The molecule has 1 unspecified atom stereocenters. The lowest BCUT2D eigenvalue weighted by molar-refractivity contribution is -0.118. The second-order valence-corrected chi connectivity index (χ2v) is 5.74. The van der Waals surface area contributed by atoms with Crippen LogP contribution in [0.3, 0.4) is 0 Å². The zero-order valence-corrected chi connectivity index (χ0v) is 14.1. The van der Waals surface area contributed by atoms with Gasteiger partial charge in [-0.3, -0.25) is 9.48 Å². The van der Waals surface area contributed by atoms with Crippen LogP contribution >= 0.6 is 23.7 Å². The number of carbonyl (C=O) groups excluding carboxylic acids is 1. The van der Waals surface area contributed by atoms with Crippen LogP contribution in [0.25, 0.3) is 0 Å². The Kier molecular flexibility index (Phi) is 6.32. The first-order valence-electron chi connectivity index (χ1n) is 6.48. The Labute approximate surface area is 134 Å². The molecule has 1 atom stereocenters. The van der Waals surface area contributed by atoms with Gasteiger partial charge < -0.3 is 10.6 Å². The normalized spacial score (nSPS) is 11.8. The number of thiazole rings is 1. The summed E-state index contributed by atoms with van der Waals surface area (Å²) >= 11 is 1.50. The smallest absolute Gasteiger partial charge is 0.247 e. The maximum Gasteiger partial charge on any atom is 0.247 e. The summed E-state index contributed by atoms with van der Waals surface area (Å²) in [7, 11) is 3.58. The van der Waals surface area contributed by atoms with Crippen molar-refractivity contribution < 1.29 is 4.79 Å². The van der Waals surface area contributed by atoms with Crippen molar-refractivity contribution in [3.05, 3.63) is 28.5 Å². The number of rotatable bonds is 5. The summed E-state index contributed by atoms with van der Waals surface area (Å²) in [6.45, 7) is 4.07. The van der Waals surface area contributed by atoms with Gasteiger partial charge >= 0.3 is 0 Å². The van der Waals surface area contributed by atoms with E-state index in [1.54, 1.807) is 17.9 Å². The standard InChI is InChI=1S/C13H19N5OS.ClH/c1-5-10-8(2)20-13(16-10)17-12(19)11(14-3)9-6-15-18(4)7-9;/h6-7,11,14H,5H2,1-4H3,(H,16,17,19);1H. The van der Waals surface area contributed by atoms with Gasteiger partial charge in [0.15, 0.2) is 5.13 Å². The zero-order valence-electron chi connectivity index (χ0n) is 12.5. The van der Waals surface area contributed by atoms with Crippen molar-refractivity contribution in [1.82, 2.24) is 20.1 Å². The molecule has 2 rings (SSSR count). The van der Waals surface area contributed by atoms with E-state index in [-0.39, 0.29) is 18.3 Å². The van der Waals surface area contributed by atoms with Crippen LogP contribution < -0.4 is 10.6 Å². The molecule has 2 aromatic rings. The molecule has 0 bridgehead atoms. The molecule has 2 N–H and O–H groups in total. The Morgan fingerprint density at radius 3 is 2.71 bits per heavy atom. The van der Waals surface area contributed by atoms with Crippen LogP contribution in [0, 0.1) is 6.92 Å². The first-order chi connectivity index (χ1) is 9.55. The first kappa shape index (κ1) is 17.6. The summed E-state index contributed by atoms with van der Waals surface area (Å²) in [5, 5.41) is 10.6. The third-order valence-corrected chi connectivity index (χ3v) is 4.00. The average Bonchev–Trinajstić information content (AvgIpc) is 2.97. The molecule has 0 spiro atoms. The lowest BCUT2D eigenvalue weighted by atomic mass is 10.1. The lowest BCUT2D eigenvalue weighted by Crippen LogP contribution is -2.30. The van der Waals surface area contributed by atoms with Gasteiger partial charge in [0.25, 0.3) is 0 Å². The van der Waals surface area contributed by atoms with E-state index in [4.69, 9.17) is 0 Å². The summed E-state index contributed by atoms with van der Waals surface area (Å²) in [5.74, 6) is -0.128. The topological polar surface area (TPSA) is 71.8 Å². The van der Waals surface area contributed by atoms with E-state index in [9.17, 15) is 4.79 Å². The van der Waals surface area contributed by atoms with Gasteiger partial charge in [0, 0.05) is 23.7 Å². The van der Waals surface area contributed by atoms with Crippen LogP contribution in [0.2, 0.25) is 0 Å². The summed E-state index contributed by atoms with van der Waals surface area (Å²) in [5.41, 5.74) is 1.86. The highest BCUT2D eigenvalue weighted by Gasteiger charge is 2.21. The molecule has 0 saturated carbocycles. The van der Waals surface area contributed by atoms with E-state index in [0.717, 1.165) is 22.6 Å². The molecule has 0 aliphatic carbocycles. The van der Waals surface area contributed by atoms with Gasteiger partial charge in [-0.05, 0) is 20.4 Å². The highest BCUT2D eigenvalue weighted by Crippen LogP contribution is 2.23. The van der Waals surface area contributed by atoms with Gasteiger partial charge in [-0.2, -0.15) is 5.10 Å². The number of amides is 1. The maximum atomic E-state index is 12.3. The predicted octanol–water partition coefficient (Wildman–Crippen LogP) is 2.07. The fourth-order valence-electron chi connectivity index (χ4n) is 2.03. The van der Waals surface area contributed by atoms with Crippen molar-refractivity contribution in [3.63, 3.8) is 0 Å². The quantitative estimate of drug-likeness (QED) is 0.881. The molecule has 0 saturated heterocycles. The van der Waals surface area contributed by atoms with Crippen molar-refractivity contribution in [2.75, 3.05) is 12.4 Å². The fourth-order valence-corrected chi connectivity index (χ4v) is 2.93. The van der Waals surface area contributed by atoms with Crippen LogP contribution in [0.1, 0.15) is 29.1 Å². The Morgan fingerprint density at radius 2 is 2.24 bits per heavy atom. The van der Waals surface area contributed by atoms with E-state index >= 15 is 0 Å². The highest BCUT2D eigenvalue weighted by atomic mass is 35.5. The zero-order chi connectivity index (χ0) is 14.7. The van der Waals surface area contributed by atoms with Gasteiger partial charge in [0.05, 0.1) is 11.9 Å². The highest BCUT2D eigenvalue weighted by molar-refractivity contribution is 7.15. The minimum Gasteiger partial charge on any atom is -0.305 e. The first-order valence-corrected chi connectivity index (χ1v) is 7.29. The Morgan fingerprint density at radius 1 is 1.52 bits per heavy atom. The molecule has 2 heterocycles. The van der Waals surface area contributed by atoms with Crippen molar-refractivity contribution in [3.8, 4) is 0 Å². The number of nitrogens with zero attached hydrogens (tertiary/aromatic N) is 3.